The van der Waals surface area contributed by atoms with Gasteiger partial charge in [-0.25, -0.2) is 13.6 Å². The topological polar surface area (TPSA) is 50.2 Å². The molecule has 1 aromatic rings. The lowest BCUT2D eigenvalue weighted by molar-refractivity contribution is -0.143. The molecule has 0 aromatic carbocycles. The van der Waals surface area contributed by atoms with Crippen LogP contribution in [-0.2, 0) is 4.79 Å². The minimum Gasteiger partial charge on any atom is -0.479 e. The Morgan fingerprint density at radius 2 is 2.33 bits per heavy atom. The van der Waals surface area contributed by atoms with Crippen LogP contribution in [0.3, 0.4) is 0 Å². The van der Waals surface area contributed by atoms with Gasteiger partial charge in [-0.05, 0) is 6.07 Å². The van der Waals surface area contributed by atoms with Crippen LogP contribution in [0, 0.1) is 5.82 Å². The van der Waals surface area contributed by atoms with Crippen molar-refractivity contribution in [3.63, 3.8) is 0 Å². The van der Waals surface area contributed by atoms with E-state index in [1.165, 1.54) is 0 Å². The van der Waals surface area contributed by atoms with E-state index < -0.39 is 23.5 Å². The molecule has 0 amide bonds. The fraction of sp³-hybridized carbons (Fsp3) is 0.143. The molecule has 0 saturated heterocycles. The minimum absolute atomic E-state index is 0.502. The van der Waals surface area contributed by atoms with Crippen LogP contribution in [0.1, 0.15) is 11.7 Å². The number of aromatic nitrogens is 1. The maximum atomic E-state index is 12.7. The number of hydrogen-bond donors (Lipinski definition) is 1. The SMILES string of the molecule is O=C(O)C(F)c1ccncc1F. The maximum absolute atomic E-state index is 12.7. The Labute approximate surface area is 66.7 Å². The standard InChI is InChI=1S/C7H5F2NO2/c8-5-3-10-2-1-4(5)6(9)7(11)12/h1-3,6H,(H,11,12). The summed E-state index contributed by atoms with van der Waals surface area (Å²) < 4.78 is 25.3. The summed E-state index contributed by atoms with van der Waals surface area (Å²) in [5.74, 6) is -2.66. The number of carboxylic acid groups (broad SMARTS) is 1. The number of carboxylic acids is 1. The Balaban J connectivity index is 3.02. The third kappa shape index (κ3) is 1.55. The number of carbonyl (C=O) groups is 1. The van der Waals surface area contributed by atoms with E-state index in [1.807, 2.05) is 0 Å². The first-order valence-corrected chi connectivity index (χ1v) is 3.09. The fourth-order valence-corrected chi connectivity index (χ4v) is 0.725. The highest BCUT2D eigenvalue weighted by molar-refractivity contribution is 5.74. The van der Waals surface area contributed by atoms with Gasteiger partial charge in [0.2, 0.25) is 6.17 Å². The summed E-state index contributed by atoms with van der Waals surface area (Å²) >= 11 is 0. The van der Waals surface area contributed by atoms with Crippen molar-refractivity contribution in [2.24, 2.45) is 0 Å². The summed E-state index contributed by atoms with van der Waals surface area (Å²) in [7, 11) is 0. The molecule has 1 atom stereocenters. The summed E-state index contributed by atoms with van der Waals surface area (Å²) in [5, 5.41) is 8.20. The van der Waals surface area contributed by atoms with Gasteiger partial charge >= 0.3 is 5.97 Å². The molecule has 64 valence electrons. The maximum Gasteiger partial charge on any atom is 0.343 e. The van der Waals surface area contributed by atoms with Gasteiger partial charge in [0, 0.05) is 11.8 Å². The molecular formula is C7H5F2NO2. The zero-order valence-corrected chi connectivity index (χ0v) is 5.87. The molecule has 0 aliphatic heterocycles. The van der Waals surface area contributed by atoms with Crippen LogP contribution in [0.4, 0.5) is 8.78 Å². The van der Waals surface area contributed by atoms with Crippen LogP contribution in [0.2, 0.25) is 0 Å². The monoisotopic (exact) mass is 173 g/mol. The number of hydrogen-bond acceptors (Lipinski definition) is 2. The van der Waals surface area contributed by atoms with Gasteiger partial charge in [-0.2, -0.15) is 0 Å². The van der Waals surface area contributed by atoms with Crippen LogP contribution >= 0.6 is 0 Å². The number of rotatable bonds is 2. The van der Waals surface area contributed by atoms with E-state index in [2.05, 4.69) is 4.98 Å². The summed E-state index contributed by atoms with van der Waals surface area (Å²) in [6, 6.07) is 0.994. The van der Waals surface area contributed by atoms with E-state index in [9.17, 15) is 13.6 Å². The van der Waals surface area contributed by atoms with Crippen molar-refractivity contribution >= 4 is 5.97 Å². The number of aliphatic carboxylic acids is 1. The minimum atomic E-state index is -2.33. The molecule has 0 aliphatic rings. The highest BCUT2D eigenvalue weighted by Gasteiger charge is 2.21. The zero-order chi connectivity index (χ0) is 9.14. The van der Waals surface area contributed by atoms with Crippen molar-refractivity contribution in [2.75, 3.05) is 0 Å². The quantitative estimate of drug-likeness (QED) is 0.733. The Bertz CT molecular complexity index is 303. The van der Waals surface area contributed by atoms with Gasteiger partial charge in [0.05, 0.1) is 6.20 Å². The van der Waals surface area contributed by atoms with Crippen molar-refractivity contribution in [2.45, 2.75) is 6.17 Å². The van der Waals surface area contributed by atoms with Gasteiger partial charge in [0.25, 0.3) is 0 Å². The van der Waals surface area contributed by atoms with Gasteiger partial charge < -0.3 is 5.11 Å². The third-order valence-corrected chi connectivity index (χ3v) is 1.29. The van der Waals surface area contributed by atoms with Crippen LogP contribution in [0.15, 0.2) is 18.5 Å². The van der Waals surface area contributed by atoms with Gasteiger partial charge in [0.1, 0.15) is 5.82 Å². The van der Waals surface area contributed by atoms with E-state index in [1.54, 1.807) is 0 Å². The van der Waals surface area contributed by atoms with Crippen molar-refractivity contribution in [1.29, 1.82) is 0 Å². The molecular weight excluding hydrogens is 168 g/mol. The van der Waals surface area contributed by atoms with Crippen molar-refractivity contribution in [3.8, 4) is 0 Å². The van der Waals surface area contributed by atoms with Crippen molar-refractivity contribution in [3.05, 3.63) is 29.8 Å². The molecule has 3 nitrogen and oxygen atoms in total. The Kier molecular flexibility index (Phi) is 2.32. The molecule has 0 fully saturated rings. The molecule has 0 radical (unpaired) electrons. The van der Waals surface area contributed by atoms with Crippen molar-refractivity contribution in [1.82, 2.24) is 4.98 Å². The first-order valence-electron chi connectivity index (χ1n) is 3.09. The molecule has 1 N–H and O–H groups in total. The average molecular weight is 173 g/mol. The van der Waals surface area contributed by atoms with Gasteiger partial charge in [-0.1, -0.05) is 0 Å². The van der Waals surface area contributed by atoms with Crippen LogP contribution in [0.25, 0.3) is 0 Å². The zero-order valence-electron chi connectivity index (χ0n) is 5.87. The van der Waals surface area contributed by atoms with Gasteiger partial charge in [-0.15, -0.1) is 0 Å². The van der Waals surface area contributed by atoms with Crippen LogP contribution < -0.4 is 0 Å². The smallest absolute Gasteiger partial charge is 0.343 e. The summed E-state index contributed by atoms with van der Waals surface area (Å²) in [5.41, 5.74) is -0.502. The lowest BCUT2D eigenvalue weighted by Crippen LogP contribution is -2.07. The predicted molar refractivity (Wildman–Crippen MR) is 35.7 cm³/mol. The average Bonchev–Trinajstić information content (AvgIpc) is 2.04. The molecule has 1 rings (SSSR count). The Hall–Kier alpha value is -1.52. The summed E-state index contributed by atoms with van der Waals surface area (Å²) in [6.07, 6.45) is -0.424. The molecule has 1 heterocycles. The molecule has 0 spiro atoms. The third-order valence-electron chi connectivity index (χ3n) is 1.29. The summed E-state index contributed by atoms with van der Waals surface area (Å²) in [4.78, 5) is 13.4. The normalized spacial score (nSPS) is 12.5. The van der Waals surface area contributed by atoms with E-state index >= 15 is 0 Å². The largest absolute Gasteiger partial charge is 0.479 e. The highest BCUT2D eigenvalue weighted by atomic mass is 19.1. The number of nitrogens with zero attached hydrogens (tertiary/aromatic N) is 1. The molecule has 1 aromatic heterocycles. The fourth-order valence-electron chi connectivity index (χ4n) is 0.725. The van der Waals surface area contributed by atoms with Gasteiger partial charge in [0.15, 0.2) is 0 Å². The predicted octanol–water partition coefficient (Wildman–Crippen LogP) is 1.32. The lowest BCUT2D eigenvalue weighted by Gasteiger charge is -2.02. The molecule has 0 aliphatic carbocycles. The summed E-state index contributed by atoms with van der Waals surface area (Å²) in [6.45, 7) is 0. The second-order valence-corrected chi connectivity index (χ2v) is 2.10. The Morgan fingerprint density at radius 3 is 2.83 bits per heavy atom. The molecule has 0 bridgehead atoms. The lowest BCUT2D eigenvalue weighted by atomic mass is 10.1. The second-order valence-electron chi connectivity index (χ2n) is 2.10. The molecule has 5 heteroatoms. The Morgan fingerprint density at radius 1 is 1.67 bits per heavy atom. The van der Waals surface area contributed by atoms with Crippen LogP contribution in [0.5, 0.6) is 0 Å². The number of halogens is 2. The first kappa shape index (κ1) is 8.58. The first-order chi connectivity index (χ1) is 5.63. The van der Waals surface area contributed by atoms with E-state index in [-0.39, 0.29) is 0 Å². The van der Waals surface area contributed by atoms with E-state index in [4.69, 9.17) is 5.11 Å². The van der Waals surface area contributed by atoms with E-state index in [0.29, 0.717) is 0 Å². The number of alkyl halides is 1. The van der Waals surface area contributed by atoms with E-state index in [0.717, 1.165) is 18.5 Å². The molecule has 1 unspecified atom stereocenters. The second kappa shape index (κ2) is 3.25. The molecule has 12 heavy (non-hydrogen) atoms. The van der Waals surface area contributed by atoms with Crippen molar-refractivity contribution < 1.29 is 18.7 Å². The van der Waals surface area contributed by atoms with Crippen LogP contribution in [-0.4, -0.2) is 16.1 Å². The molecule has 0 saturated carbocycles. The number of pyridine rings is 1. The highest BCUT2D eigenvalue weighted by Crippen LogP contribution is 2.19. The van der Waals surface area contributed by atoms with Gasteiger partial charge in [-0.3, -0.25) is 4.98 Å².